The van der Waals surface area contributed by atoms with Crippen LogP contribution >= 0.6 is 34.0 Å². The van der Waals surface area contributed by atoms with E-state index in [0.29, 0.717) is 0 Å². The highest BCUT2D eigenvalue weighted by Crippen LogP contribution is 2.42. The molecule has 0 bridgehead atoms. The Morgan fingerprint density at radius 1 is 0.636 bits per heavy atom. The monoisotopic (exact) mass is 494 g/mol. The second-order valence-electron chi connectivity index (χ2n) is 8.84. The molecule has 0 saturated carbocycles. The smallest absolute Gasteiger partial charge is 0.398 e. The standard InChI is InChI=1S/C20H22B4N2O4S3/c1-2-18(20-16(6-10-32-20)4-8-26(23-13-29-23)24-14-30-24)33-17(1)19-15(5-9-31-19)3-7-25(21-11-27-21)22-12-28-22/h1-2,5-6,9-10H,3-4,7-8,11-14H2. The Morgan fingerprint density at radius 3 is 1.39 bits per heavy atom. The van der Waals surface area contributed by atoms with Crippen molar-refractivity contribution in [3.63, 3.8) is 0 Å². The summed E-state index contributed by atoms with van der Waals surface area (Å²) in [5.74, 6) is 0. The van der Waals surface area contributed by atoms with Crippen LogP contribution in [0.3, 0.4) is 0 Å². The summed E-state index contributed by atoms with van der Waals surface area (Å²) in [6.07, 6.45) is 2.05. The van der Waals surface area contributed by atoms with Gasteiger partial charge in [-0.05, 0) is 72.1 Å². The summed E-state index contributed by atoms with van der Waals surface area (Å²) in [6.45, 7) is 5.33. The Labute approximate surface area is 207 Å². The highest BCUT2D eigenvalue weighted by Gasteiger charge is 2.49. The Balaban J connectivity index is 1.04. The van der Waals surface area contributed by atoms with Crippen LogP contribution in [0.4, 0.5) is 0 Å². The first kappa shape index (κ1) is 21.4. The van der Waals surface area contributed by atoms with Crippen LogP contribution in [0.1, 0.15) is 11.1 Å². The van der Waals surface area contributed by atoms with Gasteiger partial charge in [0, 0.05) is 19.5 Å². The molecule has 0 N–H and O–H groups in total. The van der Waals surface area contributed by atoms with Crippen molar-refractivity contribution in [2.24, 2.45) is 0 Å². The lowest BCUT2D eigenvalue weighted by molar-refractivity contribution is 0.494. The molecule has 0 spiro atoms. The van der Waals surface area contributed by atoms with Gasteiger partial charge >= 0.3 is 28.2 Å². The van der Waals surface area contributed by atoms with Gasteiger partial charge in [-0.15, -0.1) is 34.0 Å². The SMILES string of the molecule is c1cc(CCN(B2CO2)B2CO2)c(-c2ccc(-c3sccc3CCN(B3CO3)B3CO3)s2)s1. The first-order chi connectivity index (χ1) is 16.3. The predicted octanol–water partition coefficient (Wildman–Crippen LogP) is 3.12. The number of rotatable bonds is 12. The van der Waals surface area contributed by atoms with Gasteiger partial charge in [-0.3, -0.25) is 0 Å². The van der Waals surface area contributed by atoms with E-state index in [-0.39, 0.29) is 28.2 Å². The molecule has 0 amide bonds. The van der Waals surface area contributed by atoms with Gasteiger partial charge in [0.15, 0.2) is 0 Å². The second-order valence-corrected chi connectivity index (χ2v) is 11.8. The van der Waals surface area contributed by atoms with Gasteiger partial charge in [-0.1, -0.05) is 0 Å². The highest BCUT2D eigenvalue weighted by molar-refractivity contribution is 7.26. The summed E-state index contributed by atoms with van der Waals surface area (Å²) < 4.78 is 26.8. The van der Waals surface area contributed by atoms with E-state index in [4.69, 9.17) is 18.6 Å². The van der Waals surface area contributed by atoms with E-state index in [1.807, 2.05) is 34.0 Å². The summed E-state index contributed by atoms with van der Waals surface area (Å²) >= 11 is 5.61. The molecule has 33 heavy (non-hydrogen) atoms. The van der Waals surface area contributed by atoms with Crippen molar-refractivity contribution >= 4 is 62.2 Å². The van der Waals surface area contributed by atoms with Gasteiger partial charge < -0.3 is 28.1 Å². The highest BCUT2D eigenvalue weighted by atomic mass is 32.1. The summed E-state index contributed by atoms with van der Waals surface area (Å²) in [4.78, 5) is 5.54. The topological polar surface area (TPSA) is 56.6 Å². The molecule has 0 atom stereocenters. The Morgan fingerprint density at radius 2 is 1.03 bits per heavy atom. The van der Waals surface area contributed by atoms with Crippen LogP contribution in [0.25, 0.3) is 19.5 Å². The lowest BCUT2D eigenvalue weighted by Crippen LogP contribution is -2.38. The van der Waals surface area contributed by atoms with Crippen LogP contribution in [0.15, 0.2) is 35.0 Å². The molecular weight excluding hydrogens is 472 g/mol. The van der Waals surface area contributed by atoms with Crippen LogP contribution in [-0.4, -0.2) is 76.8 Å². The molecule has 4 aliphatic heterocycles. The molecule has 7 rings (SSSR count). The zero-order valence-corrected chi connectivity index (χ0v) is 20.6. The largest absolute Gasteiger partial charge is 0.424 e. The summed E-state index contributed by atoms with van der Waals surface area (Å²) in [5, 5.41) is 4.45. The Bertz CT molecular complexity index is 1020. The van der Waals surface area contributed by atoms with E-state index in [1.54, 1.807) is 0 Å². The van der Waals surface area contributed by atoms with Gasteiger partial charge in [0.1, 0.15) is 0 Å². The van der Waals surface area contributed by atoms with Gasteiger partial charge in [0.25, 0.3) is 0 Å². The molecule has 7 heterocycles. The molecule has 0 aliphatic carbocycles. The van der Waals surface area contributed by atoms with Crippen molar-refractivity contribution < 1.29 is 18.6 Å². The third-order valence-corrected chi connectivity index (χ3v) is 9.93. The van der Waals surface area contributed by atoms with Crippen molar-refractivity contribution in [1.82, 2.24) is 9.44 Å². The number of hydrogen-bond donors (Lipinski definition) is 0. The molecule has 6 nitrogen and oxygen atoms in total. The maximum absolute atomic E-state index is 5.51. The fourth-order valence-corrected chi connectivity index (χ4v) is 7.71. The second kappa shape index (κ2) is 8.96. The van der Waals surface area contributed by atoms with Crippen LogP contribution in [-0.2, 0) is 31.5 Å². The lowest BCUT2D eigenvalue weighted by Gasteiger charge is -2.14. The molecule has 0 unspecified atom stereocenters. The van der Waals surface area contributed by atoms with Crippen LogP contribution in [0, 0.1) is 0 Å². The molecular formula is C20H22B4N2O4S3. The Hall–Kier alpha value is -0.880. The van der Waals surface area contributed by atoms with Crippen LogP contribution in [0.2, 0.25) is 0 Å². The van der Waals surface area contributed by atoms with Crippen molar-refractivity contribution in [3.05, 3.63) is 46.2 Å². The summed E-state index contributed by atoms with van der Waals surface area (Å²) in [5.41, 5.74) is 2.85. The number of hydrogen-bond acceptors (Lipinski definition) is 9. The van der Waals surface area contributed by atoms with E-state index in [1.165, 1.54) is 30.6 Å². The normalized spacial score (nSPS) is 18.7. The molecule has 3 aromatic heterocycles. The van der Waals surface area contributed by atoms with Gasteiger partial charge in [0.05, 0.1) is 26.0 Å². The first-order valence-corrected chi connectivity index (χ1v) is 14.1. The van der Waals surface area contributed by atoms with Gasteiger partial charge in [-0.2, -0.15) is 0 Å². The predicted molar refractivity (Wildman–Crippen MR) is 139 cm³/mol. The lowest BCUT2D eigenvalue weighted by atomic mass is 9.76. The van der Waals surface area contributed by atoms with E-state index in [2.05, 4.69) is 44.5 Å². The molecule has 0 radical (unpaired) electrons. The number of thiophene rings is 3. The zero-order chi connectivity index (χ0) is 21.8. The fourth-order valence-electron chi connectivity index (χ4n) is 4.46. The molecule has 4 aliphatic rings. The minimum atomic E-state index is 0.263. The third kappa shape index (κ3) is 4.80. The molecule has 0 aromatic carbocycles. The van der Waals surface area contributed by atoms with Gasteiger partial charge in [0.2, 0.25) is 0 Å². The fraction of sp³-hybridized carbons (Fsp3) is 0.400. The maximum Gasteiger partial charge on any atom is 0.398 e. The zero-order valence-electron chi connectivity index (χ0n) is 18.2. The summed E-state index contributed by atoms with van der Waals surface area (Å²) in [7, 11) is 1.05. The molecule has 13 heteroatoms. The molecule has 4 saturated heterocycles. The third-order valence-electron chi connectivity index (χ3n) is 6.57. The van der Waals surface area contributed by atoms with Gasteiger partial charge in [-0.25, -0.2) is 0 Å². The van der Waals surface area contributed by atoms with E-state index < -0.39 is 0 Å². The van der Waals surface area contributed by atoms with Crippen molar-refractivity contribution in [2.45, 2.75) is 12.8 Å². The quantitative estimate of drug-likeness (QED) is 0.285. The van der Waals surface area contributed by atoms with Crippen molar-refractivity contribution in [2.75, 3.05) is 39.1 Å². The Kier molecular flexibility index (Phi) is 5.81. The van der Waals surface area contributed by atoms with E-state index >= 15 is 0 Å². The molecule has 4 fully saturated rings. The van der Waals surface area contributed by atoms with E-state index in [9.17, 15) is 0 Å². The average molecular weight is 494 g/mol. The van der Waals surface area contributed by atoms with Crippen LogP contribution in [0.5, 0.6) is 0 Å². The van der Waals surface area contributed by atoms with Crippen molar-refractivity contribution in [3.8, 4) is 19.5 Å². The maximum atomic E-state index is 5.51. The van der Waals surface area contributed by atoms with E-state index in [0.717, 1.165) is 52.0 Å². The minimum Gasteiger partial charge on any atom is -0.424 e. The molecule has 166 valence electrons. The average Bonchev–Trinajstić information content (AvgIpc) is 3.62. The first-order valence-electron chi connectivity index (χ1n) is 11.5. The van der Waals surface area contributed by atoms with Crippen molar-refractivity contribution in [1.29, 1.82) is 0 Å². The van der Waals surface area contributed by atoms with Crippen LogP contribution < -0.4 is 0 Å². The minimum absolute atomic E-state index is 0.263. The number of nitrogens with zero attached hydrogens (tertiary/aromatic N) is 2. The summed E-state index contributed by atoms with van der Waals surface area (Å²) in [6, 6.07) is 9.16. The molecule has 3 aromatic rings.